The van der Waals surface area contributed by atoms with Crippen LogP contribution in [0.3, 0.4) is 0 Å². The highest BCUT2D eigenvalue weighted by atomic mass is 19.1. The van der Waals surface area contributed by atoms with E-state index in [4.69, 9.17) is 0 Å². The zero-order valence-electron chi connectivity index (χ0n) is 14.9. The standard InChI is InChI=1S/C21H19F2N3O/c1-14-24-19-4-2-3-5-20(19)26(14)17-10-11-25(13-17)21(27)9-6-15-12-16(22)7-8-18(15)23/h2-9,12,17H,10-11,13H2,1H3/b9-6+. The van der Waals surface area contributed by atoms with Crippen LogP contribution < -0.4 is 0 Å². The first-order valence-corrected chi connectivity index (χ1v) is 8.88. The summed E-state index contributed by atoms with van der Waals surface area (Å²) >= 11 is 0. The molecule has 1 amide bonds. The zero-order chi connectivity index (χ0) is 19.0. The highest BCUT2D eigenvalue weighted by molar-refractivity contribution is 5.92. The minimum absolute atomic E-state index is 0.0653. The molecule has 1 aromatic heterocycles. The van der Waals surface area contributed by atoms with Crippen molar-refractivity contribution in [3.63, 3.8) is 0 Å². The Morgan fingerprint density at radius 2 is 2.04 bits per heavy atom. The Balaban J connectivity index is 1.50. The molecule has 0 radical (unpaired) electrons. The fourth-order valence-electron chi connectivity index (χ4n) is 3.69. The second kappa shape index (κ2) is 6.95. The van der Waals surface area contributed by atoms with Crippen molar-refractivity contribution in [1.82, 2.24) is 14.5 Å². The molecule has 0 spiro atoms. The topological polar surface area (TPSA) is 38.1 Å². The minimum Gasteiger partial charge on any atom is -0.337 e. The Bertz CT molecular complexity index is 1040. The molecule has 1 aliphatic rings. The minimum atomic E-state index is -0.555. The third kappa shape index (κ3) is 3.35. The molecule has 0 bridgehead atoms. The molecule has 2 aromatic carbocycles. The van der Waals surface area contributed by atoms with E-state index < -0.39 is 11.6 Å². The Morgan fingerprint density at radius 3 is 2.89 bits per heavy atom. The van der Waals surface area contributed by atoms with Gasteiger partial charge in [0.25, 0.3) is 0 Å². The quantitative estimate of drug-likeness (QED) is 0.654. The lowest BCUT2D eigenvalue weighted by atomic mass is 10.2. The first kappa shape index (κ1) is 17.4. The fourth-order valence-corrected chi connectivity index (χ4v) is 3.69. The molecular formula is C21H19F2N3O. The van der Waals surface area contributed by atoms with Gasteiger partial charge >= 0.3 is 0 Å². The maximum atomic E-state index is 13.7. The number of hydrogen-bond donors (Lipinski definition) is 0. The van der Waals surface area contributed by atoms with Crippen molar-refractivity contribution in [2.45, 2.75) is 19.4 Å². The number of likely N-dealkylation sites (tertiary alicyclic amines) is 1. The van der Waals surface area contributed by atoms with Gasteiger partial charge in [-0.05, 0) is 49.8 Å². The van der Waals surface area contributed by atoms with E-state index in [-0.39, 0.29) is 17.5 Å². The molecule has 0 saturated carbocycles. The molecule has 3 aromatic rings. The molecule has 0 aliphatic carbocycles. The van der Waals surface area contributed by atoms with Crippen LogP contribution in [0.25, 0.3) is 17.1 Å². The van der Waals surface area contributed by atoms with Crippen LogP contribution in [-0.4, -0.2) is 33.4 Å². The largest absolute Gasteiger partial charge is 0.337 e. The highest BCUT2D eigenvalue weighted by Crippen LogP contribution is 2.28. The molecule has 27 heavy (non-hydrogen) atoms. The van der Waals surface area contributed by atoms with Crippen LogP contribution in [0.2, 0.25) is 0 Å². The highest BCUT2D eigenvalue weighted by Gasteiger charge is 2.28. The summed E-state index contributed by atoms with van der Waals surface area (Å²) < 4.78 is 29.1. The lowest BCUT2D eigenvalue weighted by Crippen LogP contribution is -2.27. The monoisotopic (exact) mass is 367 g/mol. The van der Waals surface area contributed by atoms with Crippen LogP contribution in [0, 0.1) is 18.6 Å². The molecule has 1 saturated heterocycles. The molecule has 1 aliphatic heterocycles. The molecular weight excluding hydrogens is 348 g/mol. The predicted molar refractivity (Wildman–Crippen MR) is 100 cm³/mol. The van der Waals surface area contributed by atoms with Gasteiger partial charge in [0, 0.05) is 24.7 Å². The molecule has 0 N–H and O–H groups in total. The summed E-state index contributed by atoms with van der Waals surface area (Å²) in [4.78, 5) is 18.8. The fraction of sp³-hybridized carbons (Fsp3) is 0.238. The molecule has 6 heteroatoms. The van der Waals surface area contributed by atoms with Crippen molar-refractivity contribution in [2.75, 3.05) is 13.1 Å². The SMILES string of the molecule is Cc1nc2ccccc2n1C1CCN(C(=O)/C=C/c2cc(F)ccc2F)C1. The number of carbonyl (C=O) groups excluding carboxylic acids is 1. The maximum Gasteiger partial charge on any atom is 0.246 e. The first-order valence-electron chi connectivity index (χ1n) is 8.88. The van der Waals surface area contributed by atoms with Crippen molar-refractivity contribution in [1.29, 1.82) is 0 Å². The Morgan fingerprint density at radius 1 is 1.22 bits per heavy atom. The summed E-state index contributed by atoms with van der Waals surface area (Å²) in [6.45, 7) is 3.15. The van der Waals surface area contributed by atoms with Gasteiger partial charge < -0.3 is 9.47 Å². The summed E-state index contributed by atoms with van der Waals surface area (Å²) in [7, 11) is 0. The van der Waals surface area contributed by atoms with Crippen LogP contribution in [0.4, 0.5) is 8.78 Å². The van der Waals surface area contributed by atoms with E-state index in [9.17, 15) is 13.6 Å². The third-order valence-electron chi connectivity index (χ3n) is 4.98. The number of hydrogen-bond acceptors (Lipinski definition) is 2. The van der Waals surface area contributed by atoms with Crippen molar-refractivity contribution < 1.29 is 13.6 Å². The van der Waals surface area contributed by atoms with Gasteiger partial charge in [0.05, 0.1) is 17.1 Å². The second-order valence-corrected chi connectivity index (χ2v) is 6.74. The summed E-state index contributed by atoms with van der Waals surface area (Å²) in [5.41, 5.74) is 2.07. The van der Waals surface area contributed by atoms with Gasteiger partial charge in [-0.1, -0.05) is 12.1 Å². The van der Waals surface area contributed by atoms with Crippen LogP contribution in [-0.2, 0) is 4.79 Å². The zero-order valence-corrected chi connectivity index (χ0v) is 14.9. The van der Waals surface area contributed by atoms with Crippen LogP contribution in [0.5, 0.6) is 0 Å². The normalized spacial score (nSPS) is 17.3. The maximum absolute atomic E-state index is 13.7. The van der Waals surface area contributed by atoms with Crippen LogP contribution >= 0.6 is 0 Å². The summed E-state index contributed by atoms with van der Waals surface area (Å²) in [6, 6.07) is 11.3. The number of fused-ring (bicyclic) bond motifs is 1. The number of amides is 1. The van der Waals surface area contributed by atoms with E-state index >= 15 is 0 Å². The van der Waals surface area contributed by atoms with Gasteiger partial charge in [-0.2, -0.15) is 0 Å². The Labute approximate surface area is 155 Å². The van der Waals surface area contributed by atoms with Crippen molar-refractivity contribution in [3.8, 4) is 0 Å². The van der Waals surface area contributed by atoms with Gasteiger partial charge in [0.15, 0.2) is 0 Å². The number of carbonyl (C=O) groups is 1. The van der Waals surface area contributed by atoms with Gasteiger partial charge in [-0.3, -0.25) is 4.79 Å². The van der Waals surface area contributed by atoms with E-state index in [1.807, 2.05) is 31.2 Å². The number of benzene rings is 2. The molecule has 138 valence electrons. The number of imidazole rings is 1. The number of rotatable bonds is 3. The smallest absolute Gasteiger partial charge is 0.246 e. The van der Waals surface area contributed by atoms with Crippen LogP contribution in [0.15, 0.2) is 48.5 Å². The molecule has 1 fully saturated rings. The van der Waals surface area contributed by atoms with Gasteiger partial charge in [-0.25, -0.2) is 13.8 Å². The lowest BCUT2D eigenvalue weighted by molar-refractivity contribution is -0.125. The second-order valence-electron chi connectivity index (χ2n) is 6.74. The van der Waals surface area contributed by atoms with E-state index in [2.05, 4.69) is 9.55 Å². The summed E-state index contributed by atoms with van der Waals surface area (Å²) in [5, 5.41) is 0. The van der Waals surface area contributed by atoms with Gasteiger partial charge in [0.2, 0.25) is 5.91 Å². The van der Waals surface area contributed by atoms with Gasteiger partial charge in [0.1, 0.15) is 17.5 Å². The van der Waals surface area contributed by atoms with Gasteiger partial charge in [-0.15, -0.1) is 0 Å². The van der Waals surface area contributed by atoms with E-state index in [0.717, 1.165) is 41.5 Å². The Hall–Kier alpha value is -3.02. The first-order chi connectivity index (χ1) is 13.0. The summed E-state index contributed by atoms with van der Waals surface area (Å²) in [5.74, 6) is -0.372. The number of nitrogens with zero attached hydrogens (tertiary/aromatic N) is 3. The molecule has 2 heterocycles. The average molecular weight is 367 g/mol. The number of aryl methyl sites for hydroxylation is 1. The van der Waals surface area contributed by atoms with E-state index in [1.54, 1.807) is 4.90 Å². The lowest BCUT2D eigenvalue weighted by Gasteiger charge is -2.17. The van der Waals surface area contributed by atoms with Crippen molar-refractivity contribution in [2.24, 2.45) is 0 Å². The molecule has 4 rings (SSSR count). The Kier molecular flexibility index (Phi) is 4.48. The molecule has 4 nitrogen and oxygen atoms in total. The van der Waals surface area contributed by atoms with Crippen molar-refractivity contribution in [3.05, 3.63) is 71.6 Å². The predicted octanol–water partition coefficient (Wildman–Crippen LogP) is 4.11. The number of halogens is 2. The number of para-hydroxylation sites is 2. The molecule has 1 unspecified atom stereocenters. The van der Waals surface area contributed by atoms with Crippen molar-refractivity contribution >= 4 is 23.0 Å². The summed E-state index contributed by atoms with van der Waals surface area (Å²) in [6.07, 6.45) is 3.46. The van der Waals surface area contributed by atoms with E-state index in [0.29, 0.717) is 13.1 Å². The average Bonchev–Trinajstić information content (AvgIpc) is 3.25. The molecule has 1 atom stereocenters. The van der Waals surface area contributed by atoms with E-state index in [1.165, 1.54) is 12.2 Å². The third-order valence-corrected chi connectivity index (χ3v) is 4.98. The van der Waals surface area contributed by atoms with Crippen LogP contribution in [0.1, 0.15) is 23.9 Å². The number of aromatic nitrogens is 2.